The molecule has 0 radical (unpaired) electrons. The molecular formula is C17H21NO5. The van der Waals surface area contributed by atoms with Crippen molar-refractivity contribution in [2.75, 3.05) is 24.7 Å². The number of rotatable bonds is 6. The third kappa shape index (κ3) is 4.09. The van der Waals surface area contributed by atoms with E-state index >= 15 is 0 Å². The van der Waals surface area contributed by atoms with Crippen molar-refractivity contribution in [2.24, 2.45) is 5.92 Å². The van der Waals surface area contributed by atoms with Crippen LogP contribution in [0.25, 0.3) is 0 Å². The van der Waals surface area contributed by atoms with Crippen LogP contribution in [0.3, 0.4) is 0 Å². The zero-order valence-corrected chi connectivity index (χ0v) is 13.6. The van der Waals surface area contributed by atoms with E-state index in [1.165, 1.54) is 4.90 Å². The van der Waals surface area contributed by atoms with Gasteiger partial charge < -0.3 is 9.47 Å². The molecule has 6 nitrogen and oxygen atoms in total. The lowest BCUT2D eigenvalue weighted by molar-refractivity contribution is -0.144. The fourth-order valence-corrected chi connectivity index (χ4v) is 2.19. The molecule has 1 aliphatic rings. The Morgan fingerprint density at radius 3 is 2.74 bits per heavy atom. The lowest BCUT2D eigenvalue weighted by atomic mass is 10.1. The Balaban J connectivity index is 2.22. The van der Waals surface area contributed by atoms with Gasteiger partial charge in [0.15, 0.2) is 12.4 Å². The number of Topliss-reactive ketones (excluding diaryl/α,β-unsaturated/α-hetero) is 1. The van der Waals surface area contributed by atoms with Crippen LogP contribution < -0.4 is 9.64 Å². The Hall–Kier alpha value is -2.37. The van der Waals surface area contributed by atoms with Crippen molar-refractivity contribution in [1.29, 1.82) is 0 Å². The number of carbonyl (C=O) groups excluding carboxylic acids is 3. The molecule has 23 heavy (non-hydrogen) atoms. The van der Waals surface area contributed by atoms with Crippen LogP contribution in [0.1, 0.15) is 37.6 Å². The van der Waals surface area contributed by atoms with Gasteiger partial charge in [0.1, 0.15) is 12.3 Å². The maximum atomic E-state index is 12.1. The second-order valence-electron chi connectivity index (χ2n) is 5.80. The van der Waals surface area contributed by atoms with Crippen LogP contribution in [-0.2, 0) is 14.3 Å². The standard InChI is InChI=1S/C17H21NO5/c1-4-14(19)12-5-6-15-13(7-12)18(16(20)10-22-15)8-17(21)23-9-11(2)3/h5-7,11H,4,8-10H2,1-3H3. The third-order valence-corrected chi connectivity index (χ3v) is 3.41. The largest absolute Gasteiger partial charge is 0.482 e. The first-order valence-corrected chi connectivity index (χ1v) is 7.68. The van der Waals surface area contributed by atoms with Crippen molar-refractivity contribution < 1.29 is 23.9 Å². The monoisotopic (exact) mass is 319 g/mol. The van der Waals surface area contributed by atoms with Crippen molar-refractivity contribution in [3.05, 3.63) is 23.8 Å². The van der Waals surface area contributed by atoms with Gasteiger partial charge in [0.25, 0.3) is 5.91 Å². The van der Waals surface area contributed by atoms with Gasteiger partial charge in [-0.2, -0.15) is 0 Å². The highest BCUT2D eigenvalue weighted by atomic mass is 16.5. The highest BCUT2D eigenvalue weighted by Gasteiger charge is 2.28. The molecule has 1 heterocycles. The molecule has 1 aromatic carbocycles. The number of anilines is 1. The molecule has 1 aromatic rings. The van der Waals surface area contributed by atoms with Gasteiger partial charge in [-0.15, -0.1) is 0 Å². The molecule has 6 heteroatoms. The molecule has 0 saturated carbocycles. The summed E-state index contributed by atoms with van der Waals surface area (Å²) in [7, 11) is 0. The molecule has 1 amide bonds. The summed E-state index contributed by atoms with van der Waals surface area (Å²) in [6, 6.07) is 4.90. The highest BCUT2D eigenvalue weighted by Crippen LogP contribution is 2.33. The van der Waals surface area contributed by atoms with Gasteiger partial charge in [0.05, 0.1) is 12.3 Å². The molecule has 0 bridgehead atoms. The fraction of sp³-hybridized carbons (Fsp3) is 0.471. The number of nitrogens with zero attached hydrogens (tertiary/aromatic N) is 1. The number of esters is 1. The van der Waals surface area contributed by atoms with Crippen molar-refractivity contribution >= 4 is 23.3 Å². The van der Waals surface area contributed by atoms with Gasteiger partial charge in [-0.05, 0) is 24.1 Å². The second-order valence-corrected chi connectivity index (χ2v) is 5.80. The zero-order valence-electron chi connectivity index (χ0n) is 13.6. The van der Waals surface area contributed by atoms with E-state index in [0.29, 0.717) is 30.0 Å². The van der Waals surface area contributed by atoms with Gasteiger partial charge in [0.2, 0.25) is 0 Å². The van der Waals surface area contributed by atoms with E-state index in [1.54, 1.807) is 25.1 Å². The molecule has 0 unspecified atom stereocenters. The number of benzene rings is 1. The molecule has 0 spiro atoms. The van der Waals surface area contributed by atoms with Crippen molar-refractivity contribution in [2.45, 2.75) is 27.2 Å². The summed E-state index contributed by atoms with van der Waals surface area (Å²) in [6.45, 7) is 5.62. The molecule has 0 fully saturated rings. The number of amides is 1. The minimum Gasteiger partial charge on any atom is -0.482 e. The summed E-state index contributed by atoms with van der Waals surface area (Å²) < 4.78 is 10.5. The Morgan fingerprint density at radius 2 is 2.09 bits per heavy atom. The van der Waals surface area contributed by atoms with Crippen LogP contribution in [0, 0.1) is 5.92 Å². The fourth-order valence-electron chi connectivity index (χ4n) is 2.19. The van der Waals surface area contributed by atoms with E-state index in [-0.39, 0.29) is 30.8 Å². The number of carbonyl (C=O) groups is 3. The van der Waals surface area contributed by atoms with E-state index < -0.39 is 5.97 Å². The molecular weight excluding hydrogens is 298 g/mol. The molecule has 0 saturated heterocycles. The summed E-state index contributed by atoms with van der Waals surface area (Å²) in [5.41, 5.74) is 0.923. The van der Waals surface area contributed by atoms with Crippen LogP contribution in [-0.4, -0.2) is 37.4 Å². The van der Waals surface area contributed by atoms with E-state index in [4.69, 9.17) is 9.47 Å². The number of hydrogen-bond donors (Lipinski definition) is 0. The summed E-state index contributed by atoms with van der Waals surface area (Å²) >= 11 is 0. The van der Waals surface area contributed by atoms with Crippen molar-refractivity contribution in [3.8, 4) is 5.75 Å². The maximum Gasteiger partial charge on any atom is 0.326 e. The second kappa shape index (κ2) is 7.26. The van der Waals surface area contributed by atoms with E-state index in [2.05, 4.69) is 0 Å². The maximum absolute atomic E-state index is 12.1. The number of ether oxygens (including phenoxy) is 2. The van der Waals surface area contributed by atoms with Gasteiger partial charge in [-0.25, -0.2) is 0 Å². The predicted molar refractivity (Wildman–Crippen MR) is 84.7 cm³/mol. The van der Waals surface area contributed by atoms with Crippen LogP contribution in [0.2, 0.25) is 0 Å². The van der Waals surface area contributed by atoms with Gasteiger partial charge in [-0.1, -0.05) is 20.8 Å². The Morgan fingerprint density at radius 1 is 1.35 bits per heavy atom. The predicted octanol–water partition coefficient (Wildman–Crippen LogP) is 2.20. The topological polar surface area (TPSA) is 72.9 Å². The Bertz CT molecular complexity index is 623. The van der Waals surface area contributed by atoms with Gasteiger partial charge >= 0.3 is 5.97 Å². The quantitative estimate of drug-likeness (QED) is 0.594. The first kappa shape index (κ1) is 17.0. The molecule has 1 aliphatic heterocycles. The van der Waals surface area contributed by atoms with E-state index in [0.717, 1.165) is 0 Å². The molecule has 0 atom stereocenters. The highest BCUT2D eigenvalue weighted by molar-refractivity contribution is 6.03. The third-order valence-electron chi connectivity index (χ3n) is 3.41. The molecule has 0 aliphatic carbocycles. The lowest BCUT2D eigenvalue weighted by Gasteiger charge is -2.29. The first-order chi connectivity index (χ1) is 10.9. The average Bonchev–Trinajstić information content (AvgIpc) is 2.54. The number of fused-ring (bicyclic) bond motifs is 1. The van der Waals surface area contributed by atoms with Crippen molar-refractivity contribution in [3.63, 3.8) is 0 Å². The molecule has 124 valence electrons. The molecule has 2 rings (SSSR count). The minimum absolute atomic E-state index is 0.0341. The summed E-state index contributed by atoms with van der Waals surface area (Å²) in [5.74, 6) is -0.144. The van der Waals surface area contributed by atoms with E-state index in [1.807, 2.05) is 13.8 Å². The van der Waals surface area contributed by atoms with Crippen LogP contribution >= 0.6 is 0 Å². The van der Waals surface area contributed by atoms with Crippen molar-refractivity contribution in [1.82, 2.24) is 0 Å². The zero-order chi connectivity index (χ0) is 17.0. The summed E-state index contributed by atoms with van der Waals surface area (Å²) in [6.07, 6.45) is 0.365. The SMILES string of the molecule is CCC(=O)c1ccc2c(c1)N(CC(=O)OCC(C)C)C(=O)CO2. The van der Waals surface area contributed by atoms with Crippen LogP contribution in [0.5, 0.6) is 5.75 Å². The summed E-state index contributed by atoms with van der Waals surface area (Å²) in [4.78, 5) is 37.2. The molecule has 0 aromatic heterocycles. The summed E-state index contributed by atoms with van der Waals surface area (Å²) in [5, 5.41) is 0. The Kier molecular flexibility index (Phi) is 5.36. The van der Waals surface area contributed by atoms with Crippen LogP contribution in [0.4, 0.5) is 5.69 Å². The Labute approximate surface area is 135 Å². The van der Waals surface area contributed by atoms with E-state index in [9.17, 15) is 14.4 Å². The number of ketones is 1. The number of hydrogen-bond acceptors (Lipinski definition) is 5. The first-order valence-electron chi connectivity index (χ1n) is 7.68. The molecule has 0 N–H and O–H groups in total. The average molecular weight is 319 g/mol. The normalized spacial score (nSPS) is 13.6. The van der Waals surface area contributed by atoms with Gasteiger partial charge in [0, 0.05) is 12.0 Å². The lowest BCUT2D eigenvalue weighted by Crippen LogP contribution is -2.42. The smallest absolute Gasteiger partial charge is 0.326 e. The minimum atomic E-state index is -0.480. The van der Waals surface area contributed by atoms with Gasteiger partial charge in [-0.3, -0.25) is 19.3 Å². The van der Waals surface area contributed by atoms with Crippen LogP contribution in [0.15, 0.2) is 18.2 Å².